The minimum absolute atomic E-state index is 0.331. The third kappa shape index (κ3) is 3.46. The number of sulfone groups is 1. The molecule has 1 aliphatic rings. The molecule has 4 nitrogen and oxygen atoms in total. The fourth-order valence-electron chi connectivity index (χ4n) is 2.71. The van der Waals surface area contributed by atoms with Crippen molar-refractivity contribution < 1.29 is 22.0 Å². The first-order valence-corrected chi connectivity index (χ1v) is 9.25. The van der Waals surface area contributed by atoms with E-state index >= 15 is 0 Å². The van der Waals surface area contributed by atoms with Gasteiger partial charge in [0.25, 0.3) is 5.91 Å². The Labute approximate surface area is 144 Å². The van der Waals surface area contributed by atoms with Crippen LogP contribution in [0.2, 0.25) is 0 Å². The first-order chi connectivity index (χ1) is 11.8. The molecule has 25 heavy (non-hydrogen) atoms. The molecule has 1 heterocycles. The number of rotatable bonds is 3. The van der Waals surface area contributed by atoms with Crippen molar-refractivity contribution in [1.29, 1.82) is 0 Å². The molecule has 2 aromatic rings. The molecule has 0 unspecified atom stereocenters. The van der Waals surface area contributed by atoms with Crippen LogP contribution in [0.3, 0.4) is 0 Å². The van der Waals surface area contributed by atoms with Gasteiger partial charge in [0.05, 0.1) is 11.8 Å². The van der Waals surface area contributed by atoms with Gasteiger partial charge in [-0.3, -0.25) is 4.79 Å². The summed E-state index contributed by atoms with van der Waals surface area (Å²) in [5.41, 5.74) is 0.591. The molecular weight excluding hydrogens is 348 g/mol. The van der Waals surface area contributed by atoms with Gasteiger partial charge >= 0.3 is 0 Å². The maximum atomic E-state index is 14.1. The number of halogens is 2. The Balaban J connectivity index is 2.10. The number of hydrogen-bond donors (Lipinski definition) is 0. The number of anilines is 1. The first-order valence-electron chi connectivity index (χ1n) is 7.54. The van der Waals surface area contributed by atoms with Crippen LogP contribution in [0.1, 0.15) is 15.9 Å². The third-order valence-electron chi connectivity index (χ3n) is 3.95. The Morgan fingerprint density at radius 3 is 2.20 bits per heavy atom. The van der Waals surface area contributed by atoms with Crippen molar-refractivity contribution in [3.8, 4) is 0 Å². The summed E-state index contributed by atoms with van der Waals surface area (Å²) in [6.07, 6.45) is 1.35. The lowest BCUT2D eigenvalue weighted by Crippen LogP contribution is -2.42. The van der Waals surface area contributed by atoms with Crippen molar-refractivity contribution in [3.05, 3.63) is 76.7 Å². The molecule has 7 heteroatoms. The van der Waals surface area contributed by atoms with E-state index in [9.17, 15) is 22.0 Å². The van der Waals surface area contributed by atoms with Crippen LogP contribution in [0.5, 0.6) is 0 Å². The van der Waals surface area contributed by atoms with Crippen LogP contribution >= 0.6 is 0 Å². The number of carbonyl (C=O) groups excluding carboxylic acids is 1. The second kappa shape index (κ2) is 6.40. The van der Waals surface area contributed by atoms with Crippen LogP contribution < -0.4 is 4.90 Å². The molecule has 0 aliphatic carbocycles. The third-order valence-corrected chi connectivity index (χ3v) is 5.33. The lowest BCUT2D eigenvalue weighted by atomic mass is 10.1. The maximum Gasteiger partial charge on any atom is 0.264 e. The van der Waals surface area contributed by atoms with E-state index in [-0.39, 0.29) is 5.75 Å². The highest BCUT2D eigenvalue weighted by molar-refractivity contribution is 7.94. The molecule has 2 aromatic carbocycles. The average molecular weight is 363 g/mol. The van der Waals surface area contributed by atoms with E-state index in [0.717, 1.165) is 34.1 Å². The molecule has 1 aliphatic heterocycles. The topological polar surface area (TPSA) is 54.5 Å². The van der Waals surface area contributed by atoms with Gasteiger partial charge in [-0.2, -0.15) is 0 Å². The molecule has 0 radical (unpaired) electrons. The summed E-state index contributed by atoms with van der Waals surface area (Å²) in [7, 11) is -3.45. The minimum Gasteiger partial charge on any atom is -0.300 e. The summed E-state index contributed by atoms with van der Waals surface area (Å²) in [5, 5.41) is 1.02. The highest BCUT2D eigenvalue weighted by atomic mass is 32.2. The normalized spacial score (nSPS) is 18.3. The Kier molecular flexibility index (Phi) is 4.43. The van der Waals surface area contributed by atoms with E-state index in [1.807, 2.05) is 6.92 Å². The van der Waals surface area contributed by atoms with Gasteiger partial charge in [0.15, 0.2) is 9.84 Å². The molecule has 0 fully saturated rings. The Bertz CT molecular complexity index is 933. The van der Waals surface area contributed by atoms with Crippen LogP contribution in [0.25, 0.3) is 0 Å². The molecule has 0 N–H and O–H groups in total. The van der Waals surface area contributed by atoms with E-state index in [1.54, 1.807) is 24.3 Å². The SMILES string of the molecule is Cc1ccc(N(C(=O)c2c(F)cccc2F)[C@@H]2C=CS(=O)(=O)C2)cc1. The van der Waals surface area contributed by atoms with Gasteiger partial charge in [-0.1, -0.05) is 23.8 Å². The molecular formula is C18H15F2NO3S. The van der Waals surface area contributed by atoms with E-state index in [2.05, 4.69) is 0 Å². The van der Waals surface area contributed by atoms with Crippen molar-refractivity contribution >= 4 is 21.4 Å². The van der Waals surface area contributed by atoms with Crippen LogP contribution in [0.4, 0.5) is 14.5 Å². The van der Waals surface area contributed by atoms with Crippen LogP contribution in [0.15, 0.2) is 53.9 Å². The van der Waals surface area contributed by atoms with Crippen molar-refractivity contribution in [2.45, 2.75) is 13.0 Å². The summed E-state index contributed by atoms with van der Waals surface area (Å²) in [4.78, 5) is 14.0. The number of benzene rings is 2. The highest BCUT2D eigenvalue weighted by Crippen LogP contribution is 2.27. The fraction of sp³-hybridized carbons (Fsp3) is 0.167. The van der Waals surface area contributed by atoms with Crippen LogP contribution in [-0.2, 0) is 9.84 Å². The molecule has 0 bridgehead atoms. The largest absolute Gasteiger partial charge is 0.300 e. The molecule has 0 aromatic heterocycles. The van der Waals surface area contributed by atoms with Crippen LogP contribution in [-0.4, -0.2) is 26.1 Å². The van der Waals surface area contributed by atoms with E-state index in [1.165, 1.54) is 6.08 Å². The van der Waals surface area contributed by atoms with Crippen molar-refractivity contribution in [2.24, 2.45) is 0 Å². The Hall–Kier alpha value is -2.54. The van der Waals surface area contributed by atoms with Gasteiger partial charge in [-0.25, -0.2) is 17.2 Å². The highest BCUT2D eigenvalue weighted by Gasteiger charge is 2.34. The lowest BCUT2D eigenvalue weighted by molar-refractivity contribution is 0.0975. The van der Waals surface area contributed by atoms with Gasteiger partial charge in [0.2, 0.25) is 0 Å². The Morgan fingerprint density at radius 1 is 1.08 bits per heavy atom. The quantitative estimate of drug-likeness (QED) is 0.841. The molecule has 1 amide bonds. The second-order valence-electron chi connectivity index (χ2n) is 5.83. The van der Waals surface area contributed by atoms with Crippen molar-refractivity contribution in [2.75, 3.05) is 10.7 Å². The smallest absolute Gasteiger partial charge is 0.264 e. The standard InChI is InChI=1S/C18H15F2NO3S/c1-12-5-7-13(8-6-12)21(14-9-10-25(23,24)11-14)18(22)17-15(19)3-2-4-16(17)20/h2-10,14H,11H2,1H3/t14-/m1/s1. The Morgan fingerprint density at radius 2 is 1.68 bits per heavy atom. The molecule has 0 saturated heterocycles. The van der Waals surface area contributed by atoms with E-state index in [0.29, 0.717) is 5.69 Å². The van der Waals surface area contributed by atoms with Gasteiger partial charge in [0, 0.05) is 11.1 Å². The van der Waals surface area contributed by atoms with Gasteiger partial charge in [-0.15, -0.1) is 0 Å². The van der Waals surface area contributed by atoms with Crippen molar-refractivity contribution in [3.63, 3.8) is 0 Å². The maximum absolute atomic E-state index is 14.1. The van der Waals surface area contributed by atoms with Gasteiger partial charge in [-0.05, 0) is 37.3 Å². The number of amides is 1. The zero-order valence-electron chi connectivity index (χ0n) is 13.3. The summed E-state index contributed by atoms with van der Waals surface area (Å²) in [5.74, 6) is -3.24. The molecule has 1 atom stereocenters. The summed E-state index contributed by atoms with van der Waals surface area (Å²) in [6.45, 7) is 1.85. The summed E-state index contributed by atoms with van der Waals surface area (Å²) in [6, 6.07) is 9.02. The van der Waals surface area contributed by atoms with E-state index in [4.69, 9.17) is 0 Å². The van der Waals surface area contributed by atoms with Crippen LogP contribution in [0, 0.1) is 18.6 Å². The second-order valence-corrected chi connectivity index (χ2v) is 7.76. The van der Waals surface area contributed by atoms with Gasteiger partial charge < -0.3 is 4.90 Å². The number of aryl methyl sites for hydroxylation is 1. The summed E-state index contributed by atoms with van der Waals surface area (Å²) < 4.78 is 51.6. The van der Waals surface area contributed by atoms with Crippen molar-refractivity contribution in [1.82, 2.24) is 0 Å². The van der Waals surface area contributed by atoms with Gasteiger partial charge in [0.1, 0.15) is 17.2 Å². The first kappa shape index (κ1) is 17.3. The molecule has 130 valence electrons. The fourth-order valence-corrected chi connectivity index (χ4v) is 3.98. The predicted molar refractivity (Wildman–Crippen MR) is 91.1 cm³/mol. The number of carbonyl (C=O) groups is 1. The zero-order chi connectivity index (χ0) is 18.2. The predicted octanol–water partition coefficient (Wildman–Crippen LogP) is 3.23. The number of hydrogen-bond acceptors (Lipinski definition) is 3. The molecule has 3 rings (SSSR count). The van der Waals surface area contributed by atoms with E-state index < -0.39 is 39.0 Å². The summed E-state index contributed by atoms with van der Waals surface area (Å²) >= 11 is 0. The lowest BCUT2D eigenvalue weighted by Gasteiger charge is -2.28. The monoisotopic (exact) mass is 363 g/mol. The number of nitrogens with zero attached hydrogens (tertiary/aromatic N) is 1. The zero-order valence-corrected chi connectivity index (χ0v) is 14.1. The minimum atomic E-state index is -3.45. The molecule has 0 spiro atoms. The average Bonchev–Trinajstić information content (AvgIpc) is 2.89. The molecule has 0 saturated carbocycles.